The molecule has 0 aliphatic carbocycles. The van der Waals surface area contributed by atoms with E-state index in [2.05, 4.69) is 9.97 Å². The van der Waals surface area contributed by atoms with Crippen LogP contribution in [-0.4, -0.2) is 17.1 Å². The van der Waals surface area contributed by atoms with E-state index in [1.165, 1.54) is 0 Å². The van der Waals surface area contributed by atoms with Crippen LogP contribution in [0.15, 0.2) is 30.6 Å². The van der Waals surface area contributed by atoms with Gasteiger partial charge in [0.25, 0.3) is 0 Å². The standard InChI is InChI=1S/C13H14ClN3O/c1-8-5-9(7-10(14)6-8)11(15)12-13(18-2)17-4-3-16-12/h3-7,11H,15H2,1-2H3. The highest BCUT2D eigenvalue weighted by atomic mass is 35.5. The molecule has 0 spiro atoms. The number of hydrogen-bond acceptors (Lipinski definition) is 4. The molecule has 0 aliphatic heterocycles. The maximum absolute atomic E-state index is 6.19. The molecule has 2 aromatic rings. The van der Waals surface area contributed by atoms with Crippen molar-refractivity contribution in [1.29, 1.82) is 0 Å². The normalized spacial score (nSPS) is 12.2. The molecule has 94 valence electrons. The molecule has 0 aliphatic rings. The maximum atomic E-state index is 6.19. The summed E-state index contributed by atoms with van der Waals surface area (Å²) in [6.45, 7) is 1.97. The van der Waals surface area contributed by atoms with Crippen molar-refractivity contribution in [3.05, 3.63) is 52.4 Å². The average molecular weight is 264 g/mol. The van der Waals surface area contributed by atoms with E-state index in [1.54, 1.807) is 19.5 Å². The van der Waals surface area contributed by atoms with E-state index in [9.17, 15) is 0 Å². The number of benzene rings is 1. The van der Waals surface area contributed by atoms with Crippen molar-refractivity contribution in [2.75, 3.05) is 7.11 Å². The van der Waals surface area contributed by atoms with Crippen molar-refractivity contribution in [2.45, 2.75) is 13.0 Å². The van der Waals surface area contributed by atoms with Gasteiger partial charge in [0.15, 0.2) is 0 Å². The number of aromatic nitrogens is 2. The molecule has 5 heteroatoms. The summed E-state index contributed by atoms with van der Waals surface area (Å²) < 4.78 is 5.16. The minimum atomic E-state index is -0.411. The zero-order chi connectivity index (χ0) is 13.1. The van der Waals surface area contributed by atoms with E-state index in [1.807, 2.05) is 25.1 Å². The summed E-state index contributed by atoms with van der Waals surface area (Å²) in [4.78, 5) is 8.32. The molecule has 0 radical (unpaired) electrons. The van der Waals surface area contributed by atoms with Crippen molar-refractivity contribution >= 4 is 11.6 Å². The van der Waals surface area contributed by atoms with Gasteiger partial charge in [-0.05, 0) is 30.2 Å². The second-order valence-electron chi connectivity index (χ2n) is 3.99. The second kappa shape index (κ2) is 5.33. The second-order valence-corrected chi connectivity index (χ2v) is 4.43. The molecule has 18 heavy (non-hydrogen) atoms. The summed E-state index contributed by atoms with van der Waals surface area (Å²) in [6.07, 6.45) is 3.16. The van der Waals surface area contributed by atoms with Crippen LogP contribution in [0.1, 0.15) is 22.9 Å². The Balaban J connectivity index is 2.44. The Kier molecular flexibility index (Phi) is 3.79. The lowest BCUT2D eigenvalue weighted by atomic mass is 10.0. The largest absolute Gasteiger partial charge is 0.480 e. The first kappa shape index (κ1) is 12.8. The fourth-order valence-electron chi connectivity index (χ4n) is 1.81. The van der Waals surface area contributed by atoms with Crippen LogP contribution in [0.2, 0.25) is 5.02 Å². The number of ether oxygens (including phenoxy) is 1. The third-order valence-electron chi connectivity index (χ3n) is 2.60. The van der Waals surface area contributed by atoms with E-state index in [-0.39, 0.29) is 0 Å². The van der Waals surface area contributed by atoms with Crippen molar-refractivity contribution in [3.8, 4) is 5.88 Å². The summed E-state index contributed by atoms with van der Waals surface area (Å²) in [5.74, 6) is 0.433. The van der Waals surface area contributed by atoms with Gasteiger partial charge < -0.3 is 10.5 Å². The van der Waals surface area contributed by atoms with Crippen LogP contribution in [0.5, 0.6) is 5.88 Å². The molecule has 0 amide bonds. The molecular weight excluding hydrogens is 250 g/mol. The molecule has 2 rings (SSSR count). The van der Waals surface area contributed by atoms with E-state index < -0.39 is 6.04 Å². The average Bonchev–Trinajstić information content (AvgIpc) is 2.36. The summed E-state index contributed by atoms with van der Waals surface area (Å²) >= 11 is 6.03. The molecule has 1 heterocycles. The lowest BCUT2D eigenvalue weighted by Crippen LogP contribution is -2.15. The van der Waals surface area contributed by atoms with E-state index in [4.69, 9.17) is 22.1 Å². The number of aryl methyl sites for hydroxylation is 1. The lowest BCUT2D eigenvalue weighted by molar-refractivity contribution is 0.387. The molecule has 1 unspecified atom stereocenters. The molecule has 0 saturated carbocycles. The minimum Gasteiger partial charge on any atom is -0.480 e. The smallest absolute Gasteiger partial charge is 0.237 e. The number of methoxy groups -OCH3 is 1. The number of halogens is 1. The molecule has 0 saturated heterocycles. The van der Waals surface area contributed by atoms with Gasteiger partial charge in [-0.1, -0.05) is 17.7 Å². The Hall–Kier alpha value is -1.65. The predicted molar refractivity (Wildman–Crippen MR) is 70.8 cm³/mol. The predicted octanol–water partition coefficient (Wildman–Crippen LogP) is 2.50. The van der Waals surface area contributed by atoms with Crippen LogP contribution >= 0.6 is 11.6 Å². The Morgan fingerprint density at radius 3 is 2.61 bits per heavy atom. The van der Waals surface area contributed by atoms with Crippen LogP contribution in [0.4, 0.5) is 0 Å². The van der Waals surface area contributed by atoms with E-state index in [0.717, 1.165) is 11.1 Å². The summed E-state index contributed by atoms with van der Waals surface area (Å²) in [7, 11) is 1.55. The van der Waals surface area contributed by atoms with Gasteiger partial charge >= 0.3 is 0 Å². The van der Waals surface area contributed by atoms with Crippen molar-refractivity contribution in [3.63, 3.8) is 0 Å². The topological polar surface area (TPSA) is 61.0 Å². The van der Waals surface area contributed by atoms with Crippen LogP contribution < -0.4 is 10.5 Å². The molecule has 1 aromatic heterocycles. The number of rotatable bonds is 3. The zero-order valence-corrected chi connectivity index (χ0v) is 11.0. The van der Waals surface area contributed by atoms with Crippen LogP contribution in [0.25, 0.3) is 0 Å². The van der Waals surface area contributed by atoms with Crippen LogP contribution in [-0.2, 0) is 0 Å². The number of nitrogens with two attached hydrogens (primary N) is 1. The maximum Gasteiger partial charge on any atom is 0.237 e. The van der Waals surface area contributed by atoms with Gasteiger partial charge in [0.05, 0.1) is 13.2 Å². The highest BCUT2D eigenvalue weighted by molar-refractivity contribution is 6.30. The van der Waals surface area contributed by atoms with Crippen LogP contribution in [0, 0.1) is 6.92 Å². The Bertz CT molecular complexity index is 539. The SMILES string of the molecule is COc1nccnc1C(N)c1cc(C)cc(Cl)c1. The first-order valence-electron chi connectivity index (χ1n) is 5.49. The first-order chi connectivity index (χ1) is 8.61. The van der Waals surface area contributed by atoms with Crippen molar-refractivity contribution < 1.29 is 4.74 Å². The summed E-state index contributed by atoms with van der Waals surface area (Å²) in [5, 5.41) is 0.656. The van der Waals surface area contributed by atoms with E-state index >= 15 is 0 Å². The van der Waals surface area contributed by atoms with Gasteiger partial charge in [-0.15, -0.1) is 0 Å². The molecule has 4 nitrogen and oxygen atoms in total. The third kappa shape index (κ3) is 2.60. The summed E-state index contributed by atoms with van der Waals surface area (Å²) in [6, 6.07) is 5.27. The Labute approximate surface area is 111 Å². The Morgan fingerprint density at radius 2 is 1.94 bits per heavy atom. The molecular formula is C13H14ClN3O. The van der Waals surface area contributed by atoms with Gasteiger partial charge in [-0.25, -0.2) is 4.98 Å². The van der Waals surface area contributed by atoms with Gasteiger partial charge in [-0.3, -0.25) is 4.98 Å². The third-order valence-corrected chi connectivity index (χ3v) is 2.82. The summed E-state index contributed by atoms with van der Waals surface area (Å²) in [5.41, 5.74) is 8.73. The minimum absolute atomic E-state index is 0.411. The highest BCUT2D eigenvalue weighted by Gasteiger charge is 2.17. The molecule has 1 aromatic carbocycles. The fraction of sp³-hybridized carbons (Fsp3) is 0.231. The number of nitrogens with zero attached hydrogens (tertiary/aromatic N) is 2. The van der Waals surface area contributed by atoms with Crippen molar-refractivity contribution in [2.24, 2.45) is 5.73 Å². The quantitative estimate of drug-likeness (QED) is 0.924. The van der Waals surface area contributed by atoms with E-state index in [0.29, 0.717) is 16.6 Å². The Morgan fingerprint density at radius 1 is 1.22 bits per heavy atom. The molecule has 0 bridgehead atoms. The fourth-order valence-corrected chi connectivity index (χ4v) is 2.11. The highest BCUT2D eigenvalue weighted by Crippen LogP contribution is 2.26. The first-order valence-corrected chi connectivity index (χ1v) is 5.87. The van der Waals surface area contributed by atoms with Crippen LogP contribution in [0.3, 0.4) is 0 Å². The monoisotopic (exact) mass is 263 g/mol. The lowest BCUT2D eigenvalue weighted by Gasteiger charge is -2.14. The van der Waals surface area contributed by atoms with Gasteiger partial charge in [-0.2, -0.15) is 0 Å². The number of hydrogen-bond donors (Lipinski definition) is 1. The molecule has 1 atom stereocenters. The zero-order valence-electron chi connectivity index (χ0n) is 10.2. The van der Waals surface area contributed by atoms with Gasteiger partial charge in [0, 0.05) is 17.4 Å². The molecule has 0 fully saturated rings. The van der Waals surface area contributed by atoms with Crippen molar-refractivity contribution in [1.82, 2.24) is 9.97 Å². The molecule has 2 N–H and O–H groups in total. The van der Waals surface area contributed by atoms with Gasteiger partial charge in [0.2, 0.25) is 5.88 Å². The van der Waals surface area contributed by atoms with Gasteiger partial charge in [0.1, 0.15) is 5.69 Å².